The SMILES string of the molecule is NSc1cc(NC(=O)c2cc(C(F)(F)F)c(C3CC3)nc2N2CCCC(F)(F)CC2)ccn1. The lowest BCUT2D eigenvalue weighted by molar-refractivity contribution is -0.138. The Morgan fingerprint density at radius 1 is 1.21 bits per heavy atom. The number of carbonyl (C=O) groups is 1. The van der Waals surface area contributed by atoms with Crippen LogP contribution in [-0.4, -0.2) is 34.9 Å². The van der Waals surface area contributed by atoms with Gasteiger partial charge in [0.25, 0.3) is 5.91 Å². The van der Waals surface area contributed by atoms with Crippen molar-refractivity contribution < 1.29 is 26.7 Å². The van der Waals surface area contributed by atoms with Crippen LogP contribution in [-0.2, 0) is 6.18 Å². The Hall–Kier alpha value is -2.47. The first kappa shape index (κ1) is 23.7. The standard InChI is InChI=1S/C21H22F5N5OS/c22-20(23)5-1-8-31(9-6-20)18-14(19(32)29-13-4-7-28-16(10-13)33-27)11-15(21(24,25)26)17(30-18)12-2-3-12/h4,7,10-12H,1-3,5-6,8-9,27H2,(H,28,29,32). The van der Waals surface area contributed by atoms with Gasteiger partial charge in [0.2, 0.25) is 5.92 Å². The van der Waals surface area contributed by atoms with Crippen LogP contribution >= 0.6 is 11.9 Å². The molecule has 0 atom stereocenters. The van der Waals surface area contributed by atoms with E-state index in [0.717, 1.165) is 18.0 Å². The van der Waals surface area contributed by atoms with E-state index >= 15 is 0 Å². The van der Waals surface area contributed by atoms with E-state index in [2.05, 4.69) is 15.3 Å². The second kappa shape index (κ2) is 9.05. The molecule has 3 N–H and O–H groups in total. The lowest BCUT2D eigenvalue weighted by Crippen LogP contribution is -2.30. The highest BCUT2D eigenvalue weighted by atomic mass is 32.2. The predicted molar refractivity (Wildman–Crippen MR) is 114 cm³/mol. The van der Waals surface area contributed by atoms with Crippen LogP contribution in [0.25, 0.3) is 0 Å². The Balaban J connectivity index is 1.76. The summed E-state index contributed by atoms with van der Waals surface area (Å²) >= 11 is 0.849. The first-order chi connectivity index (χ1) is 15.6. The van der Waals surface area contributed by atoms with Gasteiger partial charge in [0.05, 0.1) is 16.8 Å². The average Bonchev–Trinajstić information content (AvgIpc) is 3.60. The van der Waals surface area contributed by atoms with E-state index in [1.54, 1.807) is 0 Å². The van der Waals surface area contributed by atoms with E-state index in [-0.39, 0.29) is 54.6 Å². The van der Waals surface area contributed by atoms with Gasteiger partial charge in [-0.1, -0.05) is 0 Å². The number of amides is 1. The topological polar surface area (TPSA) is 84.1 Å². The Bertz CT molecular complexity index is 1040. The van der Waals surface area contributed by atoms with Crippen molar-refractivity contribution >= 4 is 29.4 Å². The number of alkyl halides is 5. The molecule has 6 nitrogen and oxygen atoms in total. The van der Waals surface area contributed by atoms with Gasteiger partial charge >= 0.3 is 6.18 Å². The fourth-order valence-corrected chi connectivity index (χ4v) is 4.16. The highest BCUT2D eigenvalue weighted by molar-refractivity contribution is 7.97. The molecule has 1 amide bonds. The van der Waals surface area contributed by atoms with E-state index in [1.165, 1.54) is 23.2 Å². The van der Waals surface area contributed by atoms with Crippen molar-refractivity contribution in [3.8, 4) is 0 Å². The molecule has 4 rings (SSSR count). The predicted octanol–water partition coefficient (Wildman–Crippen LogP) is 5.22. The third-order valence-corrected chi connectivity index (χ3v) is 6.14. The second-order valence-corrected chi connectivity index (χ2v) is 8.87. The molecule has 12 heteroatoms. The Morgan fingerprint density at radius 2 is 1.97 bits per heavy atom. The molecule has 0 unspecified atom stereocenters. The monoisotopic (exact) mass is 487 g/mol. The molecule has 2 aromatic heterocycles. The number of hydrogen-bond donors (Lipinski definition) is 2. The highest BCUT2D eigenvalue weighted by Crippen LogP contribution is 2.46. The van der Waals surface area contributed by atoms with E-state index in [1.807, 2.05) is 0 Å². The van der Waals surface area contributed by atoms with Gasteiger partial charge < -0.3 is 10.2 Å². The van der Waals surface area contributed by atoms with Crippen LogP contribution in [0, 0.1) is 0 Å². The number of hydrogen-bond acceptors (Lipinski definition) is 6. The molecular formula is C21H22F5N5OS. The molecule has 2 fully saturated rings. The van der Waals surface area contributed by atoms with Gasteiger partial charge in [-0.05, 0) is 49.4 Å². The number of nitrogens with zero attached hydrogens (tertiary/aromatic N) is 3. The number of rotatable bonds is 5. The summed E-state index contributed by atoms with van der Waals surface area (Å²) in [5, 5.41) is 8.44. The lowest BCUT2D eigenvalue weighted by atomic mass is 10.0. The minimum Gasteiger partial charge on any atom is -0.356 e. The zero-order valence-electron chi connectivity index (χ0n) is 17.5. The van der Waals surface area contributed by atoms with Crippen molar-refractivity contribution in [1.82, 2.24) is 9.97 Å². The molecule has 1 saturated carbocycles. The van der Waals surface area contributed by atoms with Gasteiger partial charge in [-0.15, -0.1) is 0 Å². The largest absolute Gasteiger partial charge is 0.418 e. The fourth-order valence-electron chi connectivity index (χ4n) is 3.85. The Kier molecular flexibility index (Phi) is 6.50. The van der Waals surface area contributed by atoms with Crippen LogP contribution in [0.5, 0.6) is 0 Å². The molecule has 178 valence electrons. The zero-order valence-corrected chi connectivity index (χ0v) is 18.3. The number of carbonyl (C=O) groups excluding carboxylic acids is 1. The number of aromatic nitrogens is 2. The summed E-state index contributed by atoms with van der Waals surface area (Å²) in [6.07, 6.45) is -2.82. The molecule has 3 heterocycles. The van der Waals surface area contributed by atoms with Crippen molar-refractivity contribution in [2.45, 2.75) is 55.1 Å². The third-order valence-electron chi connectivity index (χ3n) is 5.68. The highest BCUT2D eigenvalue weighted by Gasteiger charge is 2.42. The quantitative estimate of drug-likeness (QED) is 0.445. The molecule has 1 aliphatic carbocycles. The summed E-state index contributed by atoms with van der Waals surface area (Å²) in [5.74, 6) is -4.03. The third kappa shape index (κ3) is 5.55. The van der Waals surface area contributed by atoms with Gasteiger partial charge in [-0.2, -0.15) is 13.2 Å². The van der Waals surface area contributed by atoms with Gasteiger partial charge in [0.1, 0.15) is 10.8 Å². The van der Waals surface area contributed by atoms with Crippen LogP contribution in [0.2, 0.25) is 0 Å². The summed E-state index contributed by atoms with van der Waals surface area (Å²) in [7, 11) is 0. The molecule has 0 spiro atoms. The van der Waals surface area contributed by atoms with E-state index in [4.69, 9.17) is 5.14 Å². The summed E-state index contributed by atoms with van der Waals surface area (Å²) in [5.41, 5.74) is -1.12. The van der Waals surface area contributed by atoms with Crippen LogP contribution in [0.3, 0.4) is 0 Å². The molecule has 2 aliphatic rings. The number of pyridine rings is 2. The molecule has 0 aromatic carbocycles. The molecule has 0 radical (unpaired) electrons. The first-order valence-electron chi connectivity index (χ1n) is 10.5. The van der Waals surface area contributed by atoms with E-state index < -0.39 is 30.0 Å². The molecule has 1 saturated heterocycles. The van der Waals surface area contributed by atoms with Gasteiger partial charge in [-0.25, -0.2) is 18.7 Å². The van der Waals surface area contributed by atoms with E-state index in [0.29, 0.717) is 17.9 Å². The van der Waals surface area contributed by atoms with Crippen LogP contribution in [0.15, 0.2) is 29.4 Å². The molecular weight excluding hydrogens is 465 g/mol. The Labute approximate surface area is 191 Å². The number of anilines is 2. The van der Waals surface area contributed by atoms with Gasteiger partial charge in [0.15, 0.2) is 0 Å². The summed E-state index contributed by atoms with van der Waals surface area (Å²) in [6.45, 7) is 0.0561. The smallest absolute Gasteiger partial charge is 0.356 e. The van der Waals surface area contributed by atoms with Crippen LogP contribution in [0.1, 0.15) is 59.6 Å². The van der Waals surface area contributed by atoms with Gasteiger partial charge in [-0.3, -0.25) is 9.93 Å². The number of nitrogens with two attached hydrogens (primary N) is 1. The maximum absolute atomic E-state index is 13.9. The minimum atomic E-state index is -4.70. The van der Waals surface area contributed by atoms with E-state index in [9.17, 15) is 26.7 Å². The van der Waals surface area contributed by atoms with Crippen molar-refractivity contribution in [3.05, 3.63) is 41.2 Å². The van der Waals surface area contributed by atoms with Crippen molar-refractivity contribution in [1.29, 1.82) is 0 Å². The second-order valence-electron chi connectivity index (χ2n) is 8.22. The van der Waals surface area contributed by atoms with Crippen molar-refractivity contribution in [2.24, 2.45) is 5.14 Å². The first-order valence-corrected chi connectivity index (χ1v) is 11.3. The molecule has 2 aromatic rings. The fraction of sp³-hybridized carbons (Fsp3) is 0.476. The summed E-state index contributed by atoms with van der Waals surface area (Å²) < 4.78 is 69.3. The number of halogens is 5. The maximum atomic E-state index is 13.9. The molecule has 33 heavy (non-hydrogen) atoms. The molecule has 0 bridgehead atoms. The van der Waals surface area contributed by atoms with Gasteiger partial charge in [0, 0.05) is 43.7 Å². The van der Waals surface area contributed by atoms with Crippen molar-refractivity contribution in [2.75, 3.05) is 23.3 Å². The normalized spacial score (nSPS) is 18.7. The maximum Gasteiger partial charge on any atom is 0.418 e. The summed E-state index contributed by atoms with van der Waals surface area (Å²) in [4.78, 5) is 22.9. The van der Waals surface area contributed by atoms with Crippen molar-refractivity contribution in [3.63, 3.8) is 0 Å². The number of nitrogens with one attached hydrogen (secondary N) is 1. The molecule has 1 aliphatic heterocycles. The zero-order chi connectivity index (χ0) is 23.8. The summed E-state index contributed by atoms with van der Waals surface area (Å²) in [6, 6.07) is 3.75. The Morgan fingerprint density at radius 3 is 2.64 bits per heavy atom. The minimum absolute atomic E-state index is 0.00239. The van der Waals surface area contributed by atoms with Crippen LogP contribution in [0.4, 0.5) is 33.5 Å². The van der Waals surface area contributed by atoms with Crippen LogP contribution < -0.4 is 15.4 Å². The lowest BCUT2D eigenvalue weighted by Gasteiger charge is -2.26. The average molecular weight is 487 g/mol.